The van der Waals surface area contributed by atoms with Crippen molar-refractivity contribution in [2.45, 2.75) is 40.2 Å². The molecule has 0 aromatic carbocycles. The standard InChI is InChI=1S/C13H30N2O/c1-7-16-12(8-9-15(5)6)10-14-11-13(2,3)4/h12,14H,7-11H2,1-6H3. The van der Waals surface area contributed by atoms with Crippen LogP contribution in [-0.4, -0.2) is 51.3 Å². The van der Waals surface area contributed by atoms with Crippen molar-refractivity contribution >= 4 is 0 Å². The molecule has 1 N–H and O–H groups in total. The smallest absolute Gasteiger partial charge is 0.0711 e. The van der Waals surface area contributed by atoms with Gasteiger partial charge in [-0.25, -0.2) is 0 Å². The Morgan fingerprint density at radius 1 is 1.25 bits per heavy atom. The minimum Gasteiger partial charge on any atom is -0.377 e. The first-order valence-corrected chi connectivity index (χ1v) is 6.32. The quantitative estimate of drug-likeness (QED) is 0.690. The molecule has 3 heteroatoms. The molecule has 0 aliphatic heterocycles. The zero-order chi connectivity index (χ0) is 12.6. The number of rotatable bonds is 8. The van der Waals surface area contributed by atoms with E-state index in [1.165, 1.54) is 0 Å². The van der Waals surface area contributed by atoms with Crippen molar-refractivity contribution < 1.29 is 4.74 Å². The summed E-state index contributed by atoms with van der Waals surface area (Å²) in [5.41, 5.74) is 0.346. The molecule has 98 valence electrons. The summed E-state index contributed by atoms with van der Waals surface area (Å²) in [4.78, 5) is 2.20. The van der Waals surface area contributed by atoms with Crippen LogP contribution in [-0.2, 0) is 4.74 Å². The second kappa shape index (κ2) is 8.04. The number of hydrogen-bond acceptors (Lipinski definition) is 3. The van der Waals surface area contributed by atoms with Crippen molar-refractivity contribution in [1.82, 2.24) is 10.2 Å². The van der Waals surface area contributed by atoms with E-state index in [0.29, 0.717) is 11.5 Å². The average Bonchev–Trinajstić information content (AvgIpc) is 2.12. The predicted molar refractivity (Wildman–Crippen MR) is 70.9 cm³/mol. The van der Waals surface area contributed by atoms with E-state index in [-0.39, 0.29) is 0 Å². The first-order valence-electron chi connectivity index (χ1n) is 6.32. The van der Waals surface area contributed by atoms with Gasteiger partial charge in [0, 0.05) is 26.2 Å². The summed E-state index contributed by atoms with van der Waals surface area (Å²) < 4.78 is 5.72. The fraction of sp³-hybridized carbons (Fsp3) is 1.00. The van der Waals surface area contributed by atoms with Crippen molar-refractivity contribution in [2.24, 2.45) is 5.41 Å². The zero-order valence-electron chi connectivity index (χ0n) is 12.0. The highest BCUT2D eigenvalue weighted by atomic mass is 16.5. The normalized spacial score (nSPS) is 14.4. The highest BCUT2D eigenvalue weighted by Crippen LogP contribution is 2.10. The van der Waals surface area contributed by atoms with Gasteiger partial charge in [0.15, 0.2) is 0 Å². The average molecular weight is 230 g/mol. The molecule has 16 heavy (non-hydrogen) atoms. The van der Waals surface area contributed by atoms with Gasteiger partial charge in [0.2, 0.25) is 0 Å². The van der Waals surface area contributed by atoms with Crippen molar-refractivity contribution in [3.05, 3.63) is 0 Å². The van der Waals surface area contributed by atoms with Crippen LogP contribution in [0.1, 0.15) is 34.1 Å². The maximum atomic E-state index is 5.72. The van der Waals surface area contributed by atoms with Crippen LogP contribution in [0, 0.1) is 5.41 Å². The molecule has 0 aromatic heterocycles. The van der Waals surface area contributed by atoms with Crippen molar-refractivity contribution in [3.63, 3.8) is 0 Å². The Morgan fingerprint density at radius 2 is 1.88 bits per heavy atom. The third kappa shape index (κ3) is 10.4. The van der Waals surface area contributed by atoms with E-state index in [1.807, 2.05) is 0 Å². The summed E-state index contributed by atoms with van der Waals surface area (Å²) in [7, 11) is 4.21. The monoisotopic (exact) mass is 230 g/mol. The maximum absolute atomic E-state index is 5.72. The number of hydrogen-bond donors (Lipinski definition) is 1. The molecule has 3 nitrogen and oxygen atoms in total. The molecule has 0 aliphatic carbocycles. The van der Waals surface area contributed by atoms with Gasteiger partial charge in [0.1, 0.15) is 0 Å². The van der Waals surface area contributed by atoms with Gasteiger partial charge in [-0.2, -0.15) is 0 Å². The Morgan fingerprint density at radius 3 is 2.31 bits per heavy atom. The van der Waals surface area contributed by atoms with Gasteiger partial charge < -0.3 is 15.0 Å². The Labute approximate surface area is 102 Å². The molecule has 0 fully saturated rings. The minimum atomic E-state index is 0.342. The number of nitrogens with one attached hydrogen (secondary N) is 1. The fourth-order valence-corrected chi connectivity index (χ4v) is 1.49. The van der Waals surface area contributed by atoms with Crippen molar-refractivity contribution in [1.29, 1.82) is 0 Å². The lowest BCUT2D eigenvalue weighted by Gasteiger charge is -2.23. The molecule has 0 spiro atoms. The van der Waals surface area contributed by atoms with Crippen LogP contribution >= 0.6 is 0 Å². The van der Waals surface area contributed by atoms with Gasteiger partial charge in [0.05, 0.1) is 6.10 Å². The van der Waals surface area contributed by atoms with Crippen molar-refractivity contribution in [2.75, 3.05) is 40.3 Å². The van der Waals surface area contributed by atoms with E-state index >= 15 is 0 Å². The van der Waals surface area contributed by atoms with Gasteiger partial charge in [-0.15, -0.1) is 0 Å². The second-order valence-electron chi connectivity index (χ2n) is 5.86. The molecule has 0 rings (SSSR count). The minimum absolute atomic E-state index is 0.342. The van der Waals surface area contributed by atoms with E-state index < -0.39 is 0 Å². The molecule has 1 atom stereocenters. The third-order valence-electron chi connectivity index (χ3n) is 2.33. The van der Waals surface area contributed by atoms with E-state index in [0.717, 1.165) is 32.7 Å². The molecule has 0 heterocycles. The number of ether oxygens (including phenoxy) is 1. The van der Waals surface area contributed by atoms with Gasteiger partial charge in [-0.1, -0.05) is 20.8 Å². The molecule has 1 unspecified atom stereocenters. The Hall–Kier alpha value is -0.120. The molecule has 0 bridgehead atoms. The summed E-state index contributed by atoms with van der Waals surface area (Å²) in [5.74, 6) is 0. The lowest BCUT2D eigenvalue weighted by Crippen LogP contribution is -2.36. The molecule has 0 saturated carbocycles. The predicted octanol–water partition coefficient (Wildman–Crippen LogP) is 1.98. The molecule has 0 amide bonds. The Balaban J connectivity index is 3.76. The molecule has 0 saturated heterocycles. The van der Waals surface area contributed by atoms with E-state index in [9.17, 15) is 0 Å². The van der Waals surface area contributed by atoms with Gasteiger partial charge in [0.25, 0.3) is 0 Å². The fourth-order valence-electron chi connectivity index (χ4n) is 1.49. The Kier molecular flexibility index (Phi) is 7.98. The zero-order valence-corrected chi connectivity index (χ0v) is 12.0. The summed E-state index contributed by atoms with van der Waals surface area (Å²) >= 11 is 0. The van der Waals surface area contributed by atoms with Crippen LogP contribution in [0.3, 0.4) is 0 Å². The topological polar surface area (TPSA) is 24.5 Å². The van der Waals surface area contributed by atoms with E-state index in [2.05, 4.69) is 52.0 Å². The summed E-state index contributed by atoms with van der Waals surface area (Å²) in [6.07, 6.45) is 1.44. The largest absolute Gasteiger partial charge is 0.377 e. The maximum Gasteiger partial charge on any atom is 0.0711 e. The van der Waals surface area contributed by atoms with E-state index in [4.69, 9.17) is 4.74 Å². The van der Waals surface area contributed by atoms with Crippen LogP contribution < -0.4 is 5.32 Å². The highest BCUT2D eigenvalue weighted by Gasteiger charge is 2.12. The summed E-state index contributed by atoms with van der Waals surface area (Å²) in [6, 6.07) is 0. The first kappa shape index (κ1) is 15.9. The Bertz CT molecular complexity index is 164. The lowest BCUT2D eigenvalue weighted by atomic mass is 9.97. The SMILES string of the molecule is CCOC(CCN(C)C)CNCC(C)(C)C. The lowest BCUT2D eigenvalue weighted by molar-refractivity contribution is 0.0505. The molecule has 0 aromatic rings. The molecule has 0 radical (unpaired) electrons. The highest BCUT2D eigenvalue weighted by molar-refractivity contribution is 4.69. The van der Waals surface area contributed by atoms with Crippen LogP contribution in [0.2, 0.25) is 0 Å². The van der Waals surface area contributed by atoms with Crippen LogP contribution in [0.5, 0.6) is 0 Å². The van der Waals surface area contributed by atoms with Gasteiger partial charge in [-0.05, 0) is 32.9 Å². The summed E-state index contributed by atoms with van der Waals surface area (Å²) in [5, 5.41) is 3.49. The molecular formula is C13H30N2O. The second-order valence-corrected chi connectivity index (χ2v) is 5.86. The van der Waals surface area contributed by atoms with Crippen LogP contribution in [0.15, 0.2) is 0 Å². The van der Waals surface area contributed by atoms with Crippen LogP contribution in [0.25, 0.3) is 0 Å². The first-order chi connectivity index (χ1) is 7.35. The molecule has 0 aliphatic rings. The van der Waals surface area contributed by atoms with Gasteiger partial charge in [-0.3, -0.25) is 0 Å². The number of nitrogens with zero attached hydrogens (tertiary/aromatic N) is 1. The van der Waals surface area contributed by atoms with Gasteiger partial charge >= 0.3 is 0 Å². The molecular weight excluding hydrogens is 200 g/mol. The van der Waals surface area contributed by atoms with E-state index in [1.54, 1.807) is 0 Å². The summed E-state index contributed by atoms with van der Waals surface area (Å²) in [6.45, 7) is 12.7. The van der Waals surface area contributed by atoms with Crippen LogP contribution in [0.4, 0.5) is 0 Å². The van der Waals surface area contributed by atoms with Crippen molar-refractivity contribution in [3.8, 4) is 0 Å². The third-order valence-corrected chi connectivity index (χ3v) is 2.33.